The number of nitrogens with two attached hydrogens (primary N) is 1. The maximum Gasteiger partial charge on any atom is 0.144 e. The predicted octanol–water partition coefficient (Wildman–Crippen LogP) is 1.18. The Balaban J connectivity index is 1.98. The number of thiocarbonyl (C=S) groups is 1. The van der Waals surface area contributed by atoms with Crippen LogP contribution in [0.2, 0.25) is 0 Å². The summed E-state index contributed by atoms with van der Waals surface area (Å²) in [6.45, 7) is 0.686. The third kappa shape index (κ3) is 2.71. The molecule has 0 fully saturated rings. The van der Waals surface area contributed by atoms with E-state index in [0.717, 1.165) is 4.88 Å². The number of aromatic nitrogens is 3. The van der Waals surface area contributed by atoms with E-state index >= 15 is 0 Å². The standard InChI is InChI=1S/C9H9N5S2/c10-9(15)7-3-14-8(4-12-7)13-2-6-1-11-5-16-6/h1,3-5H,2H2,(H2,10,15)(H,13,14). The van der Waals surface area contributed by atoms with Gasteiger partial charge >= 0.3 is 0 Å². The van der Waals surface area contributed by atoms with Crippen LogP contribution in [0.25, 0.3) is 0 Å². The van der Waals surface area contributed by atoms with Crippen molar-refractivity contribution >= 4 is 34.4 Å². The van der Waals surface area contributed by atoms with Crippen LogP contribution >= 0.6 is 23.6 Å². The Morgan fingerprint density at radius 3 is 2.81 bits per heavy atom. The zero-order valence-corrected chi connectivity index (χ0v) is 9.88. The molecule has 0 amide bonds. The lowest BCUT2D eigenvalue weighted by Gasteiger charge is -2.03. The lowest BCUT2D eigenvalue weighted by molar-refractivity contribution is 1.09. The number of thiazole rings is 1. The topological polar surface area (TPSA) is 76.7 Å². The van der Waals surface area contributed by atoms with Crippen LogP contribution in [-0.4, -0.2) is 19.9 Å². The van der Waals surface area contributed by atoms with Crippen molar-refractivity contribution < 1.29 is 0 Å². The first-order valence-electron chi connectivity index (χ1n) is 4.49. The molecule has 5 nitrogen and oxygen atoms in total. The van der Waals surface area contributed by atoms with Crippen molar-refractivity contribution in [3.63, 3.8) is 0 Å². The number of nitrogens with zero attached hydrogens (tertiary/aromatic N) is 3. The Bertz CT molecular complexity index is 465. The molecular weight excluding hydrogens is 242 g/mol. The highest BCUT2D eigenvalue weighted by atomic mass is 32.1. The molecule has 16 heavy (non-hydrogen) atoms. The molecule has 0 unspecified atom stereocenters. The monoisotopic (exact) mass is 251 g/mol. The molecular formula is C9H9N5S2. The smallest absolute Gasteiger partial charge is 0.144 e. The fourth-order valence-electron chi connectivity index (χ4n) is 1.05. The first-order chi connectivity index (χ1) is 7.75. The molecule has 0 aliphatic rings. The fourth-order valence-corrected chi connectivity index (χ4v) is 1.69. The van der Waals surface area contributed by atoms with Crippen molar-refractivity contribution in [2.75, 3.05) is 5.32 Å². The van der Waals surface area contributed by atoms with Gasteiger partial charge in [-0.15, -0.1) is 11.3 Å². The van der Waals surface area contributed by atoms with E-state index in [1.165, 1.54) is 0 Å². The van der Waals surface area contributed by atoms with E-state index in [1.54, 1.807) is 29.2 Å². The molecule has 0 saturated heterocycles. The van der Waals surface area contributed by atoms with Gasteiger partial charge in [-0.3, -0.25) is 4.98 Å². The summed E-state index contributed by atoms with van der Waals surface area (Å²) in [7, 11) is 0. The van der Waals surface area contributed by atoms with Crippen molar-refractivity contribution in [1.82, 2.24) is 15.0 Å². The van der Waals surface area contributed by atoms with E-state index in [4.69, 9.17) is 18.0 Å². The van der Waals surface area contributed by atoms with Crippen molar-refractivity contribution in [3.05, 3.63) is 34.7 Å². The molecule has 82 valence electrons. The minimum Gasteiger partial charge on any atom is -0.388 e. The molecule has 2 aromatic heterocycles. The highest BCUT2D eigenvalue weighted by Crippen LogP contribution is 2.08. The van der Waals surface area contributed by atoms with Crippen LogP contribution < -0.4 is 11.1 Å². The Hall–Kier alpha value is -1.60. The SMILES string of the molecule is NC(=S)c1cnc(NCc2cncs2)cn1. The maximum absolute atomic E-state index is 5.42. The normalized spacial score (nSPS) is 10.0. The summed E-state index contributed by atoms with van der Waals surface area (Å²) in [6.07, 6.45) is 4.97. The Morgan fingerprint density at radius 2 is 2.25 bits per heavy atom. The quantitative estimate of drug-likeness (QED) is 0.795. The Labute approximate surface area is 102 Å². The second-order valence-electron chi connectivity index (χ2n) is 2.97. The number of anilines is 1. The van der Waals surface area contributed by atoms with Crippen LogP contribution in [0.4, 0.5) is 5.82 Å². The van der Waals surface area contributed by atoms with Crippen molar-refractivity contribution in [2.24, 2.45) is 5.73 Å². The van der Waals surface area contributed by atoms with Crippen LogP contribution in [0.3, 0.4) is 0 Å². The van der Waals surface area contributed by atoms with E-state index in [2.05, 4.69) is 20.3 Å². The first kappa shape index (κ1) is 10.9. The molecule has 0 radical (unpaired) electrons. The molecule has 7 heteroatoms. The van der Waals surface area contributed by atoms with Gasteiger partial charge in [0, 0.05) is 11.1 Å². The highest BCUT2D eigenvalue weighted by molar-refractivity contribution is 7.80. The minimum absolute atomic E-state index is 0.251. The summed E-state index contributed by atoms with van der Waals surface area (Å²) in [5, 5.41) is 3.13. The van der Waals surface area contributed by atoms with Gasteiger partial charge in [0.25, 0.3) is 0 Å². The summed E-state index contributed by atoms with van der Waals surface area (Å²) in [4.78, 5) is 13.6. The van der Waals surface area contributed by atoms with Gasteiger partial charge in [0.15, 0.2) is 0 Å². The molecule has 3 N–H and O–H groups in total. The van der Waals surface area contributed by atoms with Crippen molar-refractivity contribution in [2.45, 2.75) is 6.54 Å². The van der Waals surface area contributed by atoms with Gasteiger partial charge in [-0.1, -0.05) is 12.2 Å². The van der Waals surface area contributed by atoms with E-state index < -0.39 is 0 Å². The number of hydrogen-bond acceptors (Lipinski definition) is 6. The van der Waals surface area contributed by atoms with Crippen LogP contribution in [-0.2, 0) is 6.54 Å². The zero-order valence-electron chi connectivity index (χ0n) is 8.25. The third-order valence-electron chi connectivity index (χ3n) is 1.83. The molecule has 2 rings (SSSR count). The Kier molecular flexibility index (Phi) is 3.37. The van der Waals surface area contributed by atoms with Gasteiger partial charge in [0.2, 0.25) is 0 Å². The van der Waals surface area contributed by atoms with Gasteiger partial charge in [-0.2, -0.15) is 0 Å². The number of rotatable bonds is 4. The zero-order chi connectivity index (χ0) is 11.4. The van der Waals surface area contributed by atoms with E-state index in [1.807, 2.05) is 6.20 Å². The van der Waals surface area contributed by atoms with Gasteiger partial charge in [-0.05, 0) is 0 Å². The summed E-state index contributed by atoms with van der Waals surface area (Å²) in [6, 6.07) is 0. The number of hydrogen-bond donors (Lipinski definition) is 2. The van der Waals surface area contributed by atoms with Gasteiger partial charge in [0.05, 0.1) is 24.4 Å². The van der Waals surface area contributed by atoms with Crippen LogP contribution in [0.5, 0.6) is 0 Å². The molecule has 0 bridgehead atoms. The van der Waals surface area contributed by atoms with Gasteiger partial charge in [-0.25, -0.2) is 9.97 Å². The molecule has 2 aromatic rings. The molecule has 0 aromatic carbocycles. The second kappa shape index (κ2) is 4.95. The van der Waals surface area contributed by atoms with Crippen molar-refractivity contribution in [1.29, 1.82) is 0 Å². The minimum atomic E-state index is 0.251. The molecule has 0 spiro atoms. The van der Waals surface area contributed by atoms with Crippen molar-refractivity contribution in [3.8, 4) is 0 Å². The fraction of sp³-hybridized carbons (Fsp3) is 0.111. The molecule has 0 atom stereocenters. The van der Waals surface area contributed by atoms with Gasteiger partial charge < -0.3 is 11.1 Å². The van der Waals surface area contributed by atoms with Crippen LogP contribution in [0, 0.1) is 0 Å². The predicted molar refractivity (Wildman–Crippen MR) is 67.4 cm³/mol. The second-order valence-corrected chi connectivity index (χ2v) is 4.38. The molecule has 0 aliphatic heterocycles. The summed E-state index contributed by atoms with van der Waals surface area (Å²) < 4.78 is 0. The first-order valence-corrected chi connectivity index (χ1v) is 5.77. The third-order valence-corrected chi connectivity index (χ3v) is 2.82. The maximum atomic E-state index is 5.42. The number of nitrogens with one attached hydrogen (secondary N) is 1. The highest BCUT2D eigenvalue weighted by Gasteiger charge is 2.00. The van der Waals surface area contributed by atoms with E-state index in [0.29, 0.717) is 18.1 Å². The average molecular weight is 251 g/mol. The van der Waals surface area contributed by atoms with E-state index in [-0.39, 0.29) is 4.99 Å². The lowest BCUT2D eigenvalue weighted by atomic mass is 10.4. The lowest BCUT2D eigenvalue weighted by Crippen LogP contribution is -2.12. The average Bonchev–Trinajstić information content (AvgIpc) is 2.80. The molecule has 0 saturated carbocycles. The van der Waals surface area contributed by atoms with Crippen LogP contribution in [0.15, 0.2) is 24.1 Å². The van der Waals surface area contributed by atoms with E-state index in [9.17, 15) is 0 Å². The largest absolute Gasteiger partial charge is 0.388 e. The molecule has 0 aliphatic carbocycles. The molecule has 2 heterocycles. The summed E-state index contributed by atoms with van der Waals surface area (Å²) >= 11 is 6.37. The Morgan fingerprint density at radius 1 is 1.38 bits per heavy atom. The summed E-state index contributed by atoms with van der Waals surface area (Å²) in [5.41, 5.74) is 7.73. The van der Waals surface area contributed by atoms with Crippen LogP contribution in [0.1, 0.15) is 10.6 Å². The van der Waals surface area contributed by atoms with Gasteiger partial charge in [0.1, 0.15) is 16.5 Å². The summed E-state index contributed by atoms with van der Waals surface area (Å²) in [5.74, 6) is 0.688.